The molecule has 0 aromatic heterocycles. The van der Waals surface area contributed by atoms with Crippen molar-refractivity contribution >= 4 is 0 Å². The molecule has 0 radical (unpaired) electrons. The molecule has 74 valence electrons. The van der Waals surface area contributed by atoms with E-state index in [2.05, 4.69) is 0 Å². The SMILES string of the molecule is OC1(CCC2CC3CCC2O3)CC1. The second-order valence-corrected chi connectivity index (χ2v) is 5.13. The van der Waals surface area contributed by atoms with Gasteiger partial charge in [-0.15, -0.1) is 0 Å². The van der Waals surface area contributed by atoms with Crippen LogP contribution in [0.1, 0.15) is 44.9 Å². The van der Waals surface area contributed by atoms with Crippen molar-refractivity contribution in [1.82, 2.24) is 0 Å². The van der Waals surface area contributed by atoms with E-state index in [1.807, 2.05) is 0 Å². The van der Waals surface area contributed by atoms with E-state index in [4.69, 9.17) is 4.74 Å². The molecule has 0 spiro atoms. The van der Waals surface area contributed by atoms with Gasteiger partial charge in [0.1, 0.15) is 0 Å². The minimum Gasteiger partial charge on any atom is -0.390 e. The summed E-state index contributed by atoms with van der Waals surface area (Å²) in [6.45, 7) is 0. The van der Waals surface area contributed by atoms with Crippen LogP contribution in [0.5, 0.6) is 0 Å². The van der Waals surface area contributed by atoms with Gasteiger partial charge in [0.05, 0.1) is 17.8 Å². The predicted octanol–water partition coefficient (Wildman–Crippen LogP) is 1.86. The van der Waals surface area contributed by atoms with Crippen molar-refractivity contribution in [3.63, 3.8) is 0 Å². The molecule has 0 amide bonds. The fraction of sp³-hybridized carbons (Fsp3) is 1.00. The summed E-state index contributed by atoms with van der Waals surface area (Å²) < 4.78 is 5.79. The van der Waals surface area contributed by atoms with E-state index in [9.17, 15) is 5.11 Å². The highest BCUT2D eigenvalue weighted by atomic mass is 16.5. The van der Waals surface area contributed by atoms with Crippen molar-refractivity contribution < 1.29 is 9.84 Å². The van der Waals surface area contributed by atoms with Crippen LogP contribution in [0, 0.1) is 5.92 Å². The summed E-state index contributed by atoms with van der Waals surface area (Å²) in [5, 5.41) is 9.72. The van der Waals surface area contributed by atoms with Crippen LogP contribution in [0.2, 0.25) is 0 Å². The molecule has 2 nitrogen and oxygen atoms in total. The standard InChI is InChI=1S/C11H18O2/c12-11(5-6-11)4-3-8-7-9-1-2-10(8)13-9/h8-10,12H,1-7H2. The second-order valence-electron chi connectivity index (χ2n) is 5.13. The Labute approximate surface area is 79.3 Å². The molecule has 3 atom stereocenters. The fourth-order valence-electron chi connectivity index (χ4n) is 2.90. The molecule has 1 saturated carbocycles. The van der Waals surface area contributed by atoms with E-state index in [0.717, 1.165) is 25.2 Å². The number of hydrogen-bond acceptors (Lipinski definition) is 2. The van der Waals surface area contributed by atoms with Crippen molar-refractivity contribution in [2.75, 3.05) is 0 Å². The first-order chi connectivity index (χ1) is 6.25. The minimum atomic E-state index is -0.248. The molecule has 0 aromatic rings. The molecule has 13 heavy (non-hydrogen) atoms. The zero-order valence-corrected chi connectivity index (χ0v) is 8.04. The summed E-state index contributed by atoms with van der Waals surface area (Å²) >= 11 is 0. The van der Waals surface area contributed by atoms with Crippen LogP contribution < -0.4 is 0 Å². The third-order valence-corrected chi connectivity index (χ3v) is 4.04. The molecule has 3 aliphatic rings. The van der Waals surface area contributed by atoms with E-state index < -0.39 is 0 Å². The fourth-order valence-corrected chi connectivity index (χ4v) is 2.90. The van der Waals surface area contributed by atoms with Gasteiger partial charge in [-0.05, 0) is 50.9 Å². The van der Waals surface area contributed by atoms with Crippen LogP contribution in [0.15, 0.2) is 0 Å². The Bertz CT molecular complexity index is 210. The predicted molar refractivity (Wildman–Crippen MR) is 49.4 cm³/mol. The summed E-state index contributed by atoms with van der Waals surface area (Å²) in [4.78, 5) is 0. The molecule has 2 heterocycles. The van der Waals surface area contributed by atoms with Crippen LogP contribution in [0.25, 0.3) is 0 Å². The quantitative estimate of drug-likeness (QED) is 0.722. The summed E-state index contributed by atoms with van der Waals surface area (Å²) in [5.74, 6) is 0.767. The maximum atomic E-state index is 9.72. The van der Waals surface area contributed by atoms with Gasteiger partial charge >= 0.3 is 0 Å². The third kappa shape index (κ3) is 1.50. The molecular formula is C11H18O2. The highest BCUT2D eigenvalue weighted by Gasteiger charge is 2.44. The monoisotopic (exact) mass is 182 g/mol. The van der Waals surface area contributed by atoms with Gasteiger partial charge in [-0.25, -0.2) is 0 Å². The normalized spacial score (nSPS) is 45.5. The van der Waals surface area contributed by atoms with Gasteiger partial charge in [0.2, 0.25) is 0 Å². The van der Waals surface area contributed by atoms with Gasteiger partial charge < -0.3 is 9.84 Å². The van der Waals surface area contributed by atoms with E-state index in [1.165, 1.54) is 25.7 Å². The highest BCUT2D eigenvalue weighted by molar-refractivity contribution is 4.96. The van der Waals surface area contributed by atoms with Crippen LogP contribution in [0.4, 0.5) is 0 Å². The van der Waals surface area contributed by atoms with Crippen LogP contribution >= 0.6 is 0 Å². The lowest BCUT2D eigenvalue weighted by molar-refractivity contribution is 0.0833. The Hall–Kier alpha value is -0.0800. The van der Waals surface area contributed by atoms with Gasteiger partial charge in [0.25, 0.3) is 0 Å². The molecule has 3 unspecified atom stereocenters. The van der Waals surface area contributed by atoms with Gasteiger partial charge in [-0.3, -0.25) is 0 Å². The van der Waals surface area contributed by atoms with E-state index in [-0.39, 0.29) is 5.60 Å². The lowest BCUT2D eigenvalue weighted by Gasteiger charge is -2.19. The molecule has 1 N–H and O–H groups in total. The van der Waals surface area contributed by atoms with Crippen molar-refractivity contribution in [2.24, 2.45) is 5.92 Å². The van der Waals surface area contributed by atoms with Gasteiger partial charge in [-0.2, -0.15) is 0 Å². The Morgan fingerprint density at radius 1 is 1.31 bits per heavy atom. The van der Waals surface area contributed by atoms with E-state index in [1.54, 1.807) is 0 Å². The molecule has 2 aliphatic heterocycles. The molecule has 2 heteroatoms. The second kappa shape index (κ2) is 2.71. The van der Waals surface area contributed by atoms with Gasteiger partial charge in [0, 0.05) is 0 Å². The van der Waals surface area contributed by atoms with Crippen LogP contribution in [0.3, 0.4) is 0 Å². The number of rotatable bonds is 3. The molecular weight excluding hydrogens is 164 g/mol. The van der Waals surface area contributed by atoms with Crippen molar-refractivity contribution in [3.8, 4) is 0 Å². The van der Waals surface area contributed by atoms with Gasteiger partial charge in [-0.1, -0.05) is 0 Å². The summed E-state index contributed by atoms with van der Waals surface area (Å²) in [6.07, 6.45) is 9.22. The molecule has 1 aliphatic carbocycles. The number of ether oxygens (including phenoxy) is 1. The molecule has 2 bridgehead atoms. The van der Waals surface area contributed by atoms with E-state index >= 15 is 0 Å². The largest absolute Gasteiger partial charge is 0.390 e. The summed E-state index contributed by atoms with van der Waals surface area (Å²) in [7, 11) is 0. The molecule has 2 saturated heterocycles. The smallest absolute Gasteiger partial charge is 0.0650 e. The number of fused-ring (bicyclic) bond motifs is 2. The zero-order chi connectivity index (χ0) is 8.89. The van der Waals surface area contributed by atoms with Gasteiger partial charge in [0.15, 0.2) is 0 Å². The summed E-state index contributed by atoms with van der Waals surface area (Å²) in [6, 6.07) is 0. The average Bonchev–Trinajstić information content (AvgIpc) is 2.63. The van der Waals surface area contributed by atoms with Crippen molar-refractivity contribution in [1.29, 1.82) is 0 Å². The maximum absolute atomic E-state index is 9.72. The van der Waals surface area contributed by atoms with E-state index in [0.29, 0.717) is 12.2 Å². The molecule has 3 rings (SSSR count). The maximum Gasteiger partial charge on any atom is 0.0650 e. The lowest BCUT2D eigenvalue weighted by atomic mass is 9.85. The Morgan fingerprint density at radius 3 is 2.69 bits per heavy atom. The van der Waals surface area contributed by atoms with Crippen molar-refractivity contribution in [2.45, 2.75) is 62.8 Å². The minimum absolute atomic E-state index is 0.248. The first-order valence-corrected chi connectivity index (χ1v) is 5.63. The molecule has 0 aromatic carbocycles. The highest BCUT2D eigenvalue weighted by Crippen LogP contribution is 2.45. The molecule has 3 fully saturated rings. The van der Waals surface area contributed by atoms with Crippen LogP contribution in [-0.2, 0) is 4.74 Å². The third-order valence-electron chi connectivity index (χ3n) is 4.04. The summed E-state index contributed by atoms with van der Waals surface area (Å²) in [5.41, 5.74) is -0.248. The zero-order valence-electron chi connectivity index (χ0n) is 8.04. The lowest BCUT2D eigenvalue weighted by Crippen LogP contribution is -2.19. The topological polar surface area (TPSA) is 29.5 Å². The first kappa shape index (κ1) is 8.25. The number of hydrogen-bond donors (Lipinski definition) is 1. The Morgan fingerprint density at radius 2 is 2.15 bits per heavy atom. The van der Waals surface area contributed by atoms with Crippen molar-refractivity contribution in [3.05, 3.63) is 0 Å². The Balaban J connectivity index is 1.51. The Kier molecular flexibility index (Phi) is 1.72. The number of aliphatic hydroxyl groups is 1. The average molecular weight is 182 g/mol. The van der Waals surface area contributed by atoms with Crippen LogP contribution in [-0.4, -0.2) is 22.9 Å². The first-order valence-electron chi connectivity index (χ1n) is 5.63.